The Balaban J connectivity index is 2.71. The van der Waals surface area contributed by atoms with Crippen molar-refractivity contribution in [2.75, 3.05) is 5.75 Å². The maximum atomic E-state index is 10.7. The molecular formula is C9H11NO2S2. The van der Waals surface area contributed by atoms with Gasteiger partial charge in [-0.05, 0) is 13.8 Å². The number of aromatic carboxylic acids is 1. The molecule has 0 aromatic carbocycles. The van der Waals surface area contributed by atoms with Gasteiger partial charge in [0.1, 0.15) is 4.88 Å². The fourth-order valence-electron chi connectivity index (χ4n) is 0.847. The number of carboxylic acid groups (broad SMARTS) is 1. The minimum atomic E-state index is -0.891. The van der Waals surface area contributed by atoms with E-state index in [1.54, 1.807) is 18.7 Å². The number of aryl methyl sites for hydroxylation is 1. The number of nitrogens with zero attached hydrogens (tertiary/aromatic N) is 1. The first kappa shape index (κ1) is 11.3. The maximum Gasteiger partial charge on any atom is 0.347 e. The Morgan fingerprint density at radius 2 is 2.43 bits per heavy atom. The summed E-state index contributed by atoms with van der Waals surface area (Å²) in [6.45, 7) is 3.68. The lowest BCUT2D eigenvalue weighted by Gasteiger charge is -1.88. The zero-order valence-electron chi connectivity index (χ0n) is 7.98. The standard InChI is InChI=1S/C9H11NO2S2/c1-3-4-5-13-9-10-6(2)7(14-9)8(11)12/h3-4H,5H2,1-2H3,(H,11,12). The SMILES string of the molecule is CC=CCSc1nc(C)c(C(=O)O)s1. The molecule has 5 heteroatoms. The van der Waals surface area contributed by atoms with Crippen LogP contribution in [0, 0.1) is 6.92 Å². The normalized spacial score (nSPS) is 11.0. The van der Waals surface area contributed by atoms with Gasteiger partial charge < -0.3 is 5.11 Å². The van der Waals surface area contributed by atoms with E-state index in [1.165, 1.54) is 11.3 Å². The average Bonchev–Trinajstić information content (AvgIpc) is 2.47. The summed E-state index contributed by atoms with van der Waals surface area (Å²) >= 11 is 2.79. The van der Waals surface area contributed by atoms with E-state index >= 15 is 0 Å². The first-order valence-electron chi connectivity index (χ1n) is 4.09. The topological polar surface area (TPSA) is 50.2 Å². The summed E-state index contributed by atoms with van der Waals surface area (Å²) < 4.78 is 0.818. The van der Waals surface area contributed by atoms with Gasteiger partial charge in [0.15, 0.2) is 4.34 Å². The van der Waals surface area contributed by atoms with Crippen molar-refractivity contribution in [3.63, 3.8) is 0 Å². The van der Waals surface area contributed by atoms with Gasteiger partial charge in [0, 0.05) is 5.75 Å². The van der Waals surface area contributed by atoms with Crippen LogP contribution in [0.15, 0.2) is 16.5 Å². The number of hydrogen-bond acceptors (Lipinski definition) is 4. The molecule has 76 valence electrons. The summed E-state index contributed by atoms with van der Waals surface area (Å²) in [6.07, 6.45) is 3.98. The van der Waals surface area contributed by atoms with E-state index in [9.17, 15) is 4.79 Å². The quantitative estimate of drug-likeness (QED) is 0.637. The molecule has 1 rings (SSSR count). The second-order valence-corrected chi connectivity index (χ2v) is 4.85. The van der Waals surface area contributed by atoms with E-state index in [0.717, 1.165) is 10.1 Å². The van der Waals surface area contributed by atoms with Crippen LogP contribution in [0.3, 0.4) is 0 Å². The van der Waals surface area contributed by atoms with E-state index in [4.69, 9.17) is 5.11 Å². The Morgan fingerprint density at radius 3 is 2.93 bits per heavy atom. The minimum Gasteiger partial charge on any atom is -0.477 e. The van der Waals surface area contributed by atoms with Gasteiger partial charge in [0.05, 0.1) is 5.69 Å². The molecule has 1 N–H and O–H groups in total. The van der Waals surface area contributed by atoms with Crippen molar-refractivity contribution >= 4 is 29.1 Å². The number of thioether (sulfide) groups is 1. The molecule has 1 aromatic heterocycles. The minimum absolute atomic E-state index is 0.341. The predicted octanol–water partition coefficient (Wildman–Crippen LogP) is 2.82. The van der Waals surface area contributed by atoms with Gasteiger partial charge in [-0.1, -0.05) is 23.9 Å². The summed E-state index contributed by atoms with van der Waals surface area (Å²) in [7, 11) is 0. The molecule has 0 saturated carbocycles. The van der Waals surface area contributed by atoms with Crippen molar-refractivity contribution in [2.45, 2.75) is 18.2 Å². The van der Waals surface area contributed by atoms with Crippen LogP contribution in [-0.4, -0.2) is 21.8 Å². The number of carbonyl (C=O) groups is 1. The van der Waals surface area contributed by atoms with Crippen LogP contribution in [0.1, 0.15) is 22.3 Å². The largest absolute Gasteiger partial charge is 0.477 e. The number of allylic oxidation sites excluding steroid dienone is 1. The van der Waals surface area contributed by atoms with Gasteiger partial charge in [-0.25, -0.2) is 9.78 Å². The third-order valence-corrected chi connectivity index (χ3v) is 3.75. The van der Waals surface area contributed by atoms with E-state index in [1.807, 2.05) is 19.1 Å². The maximum absolute atomic E-state index is 10.7. The molecule has 0 radical (unpaired) electrons. The molecule has 1 aromatic rings. The monoisotopic (exact) mass is 229 g/mol. The molecule has 0 spiro atoms. The molecular weight excluding hydrogens is 218 g/mol. The van der Waals surface area contributed by atoms with E-state index < -0.39 is 5.97 Å². The van der Waals surface area contributed by atoms with Crippen molar-refractivity contribution in [3.05, 3.63) is 22.7 Å². The molecule has 1 heterocycles. The second-order valence-electron chi connectivity index (χ2n) is 2.58. The van der Waals surface area contributed by atoms with Gasteiger partial charge in [0.2, 0.25) is 0 Å². The third kappa shape index (κ3) is 2.85. The Bertz CT molecular complexity index is 358. The van der Waals surface area contributed by atoms with Gasteiger partial charge in [0.25, 0.3) is 0 Å². The van der Waals surface area contributed by atoms with Crippen LogP contribution in [0.5, 0.6) is 0 Å². The van der Waals surface area contributed by atoms with E-state index in [-0.39, 0.29) is 0 Å². The summed E-state index contributed by atoms with van der Waals surface area (Å²) in [5, 5.41) is 8.80. The molecule has 0 atom stereocenters. The molecule has 3 nitrogen and oxygen atoms in total. The van der Waals surface area contributed by atoms with Gasteiger partial charge in [-0.2, -0.15) is 0 Å². The molecule has 0 aliphatic heterocycles. The predicted molar refractivity (Wildman–Crippen MR) is 59.3 cm³/mol. The summed E-state index contributed by atoms with van der Waals surface area (Å²) in [5.41, 5.74) is 0.602. The van der Waals surface area contributed by atoms with Crippen molar-refractivity contribution in [1.82, 2.24) is 4.98 Å². The summed E-state index contributed by atoms with van der Waals surface area (Å²) in [6, 6.07) is 0. The Morgan fingerprint density at radius 1 is 1.71 bits per heavy atom. The van der Waals surface area contributed by atoms with Crippen LogP contribution in [0.2, 0.25) is 0 Å². The van der Waals surface area contributed by atoms with Crippen molar-refractivity contribution < 1.29 is 9.90 Å². The first-order chi connectivity index (χ1) is 6.65. The van der Waals surface area contributed by atoms with Crippen LogP contribution >= 0.6 is 23.1 Å². The molecule has 0 fully saturated rings. The van der Waals surface area contributed by atoms with Crippen LogP contribution in [0.4, 0.5) is 0 Å². The molecule has 0 bridgehead atoms. The molecule has 14 heavy (non-hydrogen) atoms. The highest BCUT2D eigenvalue weighted by Gasteiger charge is 2.13. The highest BCUT2D eigenvalue weighted by Crippen LogP contribution is 2.27. The average molecular weight is 229 g/mol. The van der Waals surface area contributed by atoms with E-state index in [2.05, 4.69) is 4.98 Å². The highest BCUT2D eigenvalue weighted by molar-refractivity contribution is 8.01. The number of rotatable bonds is 4. The number of hydrogen-bond donors (Lipinski definition) is 1. The number of thiazole rings is 1. The lowest BCUT2D eigenvalue weighted by molar-refractivity contribution is 0.0701. The van der Waals surface area contributed by atoms with Crippen molar-refractivity contribution in [2.24, 2.45) is 0 Å². The van der Waals surface area contributed by atoms with Gasteiger partial charge in [-0.15, -0.1) is 11.3 Å². The zero-order valence-corrected chi connectivity index (χ0v) is 9.61. The summed E-state index contributed by atoms with van der Waals surface area (Å²) in [4.78, 5) is 15.2. The molecule has 0 amide bonds. The fraction of sp³-hybridized carbons (Fsp3) is 0.333. The Kier molecular flexibility index (Phi) is 4.16. The third-order valence-electron chi connectivity index (χ3n) is 1.51. The van der Waals surface area contributed by atoms with Gasteiger partial charge in [-0.3, -0.25) is 0 Å². The fourth-order valence-corrected chi connectivity index (χ4v) is 2.81. The highest BCUT2D eigenvalue weighted by atomic mass is 32.2. The van der Waals surface area contributed by atoms with Crippen molar-refractivity contribution in [1.29, 1.82) is 0 Å². The van der Waals surface area contributed by atoms with Crippen LogP contribution < -0.4 is 0 Å². The summed E-state index contributed by atoms with van der Waals surface area (Å²) in [5.74, 6) is -0.0550. The molecule has 0 aliphatic rings. The molecule has 0 saturated heterocycles. The lowest BCUT2D eigenvalue weighted by atomic mass is 10.4. The smallest absolute Gasteiger partial charge is 0.347 e. The van der Waals surface area contributed by atoms with Crippen LogP contribution in [0.25, 0.3) is 0 Å². The van der Waals surface area contributed by atoms with Gasteiger partial charge >= 0.3 is 5.97 Å². The number of carboxylic acids is 1. The lowest BCUT2D eigenvalue weighted by Crippen LogP contribution is -1.94. The Hall–Kier alpha value is -0.810. The molecule has 0 unspecified atom stereocenters. The zero-order chi connectivity index (χ0) is 10.6. The first-order valence-corrected chi connectivity index (χ1v) is 5.90. The number of aromatic nitrogens is 1. The molecule has 0 aliphatic carbocycles. The van der Waals surface area contributed by atoms with E-state index in [0.29, 0.717) is 10.6 Å². The van der Waals surface area contributed by atoms with Crippen LogP contribution in [-0.2, 0) is 0 Å². The van der Waals surface area contributed by atoms with Crippen molar-refractivity contribution in [3.8, 4) is 0 Å². The second kappa shape index (κ2) is 5.17. The Labute approximate surface area is 90.9 Å².